The van der Waals surface area contributed by atoms with Crippen LogP contribution >= 0.6 is 11.8 Å². The Bertz CT molecular complexity index is 1120. The predicted molar refractivity (Wildman–Crippen MR) is 157 cm³/mol. The maximum atomic E-state index is 11.6. The average molecular weight is 563 g/mol. The summed E-state index contributed by atoms with van der Waals surface area (Å²) in [6.45, 7) is 10.3. The van der Waals surface area contributed by atoms with E-state index < -0.39 is 21.0 Å². The van der Waals surface area contributed by atoms with Crippen LogP contribution in [0.3, 0.4) is 0 Å². The molecule has 2 N–H and O–H groups in total. The lowest BCUT2D eigenvalue weighted by atomic mass is 9.84. The van der Waals surface area contributed by atoms with Gasteiger partial charge in [-0.15, -0.1) is 11.8 Å². The monoisotopic (exact) mass is 562 g/mol. The van der Waals surface area contributed by atoms with Gasteiger partial charge in [-0.05, 0) is 93.3 Å². The lowest BCUT2D eigenvalue weighted by molar-refractivity contribution is -0.0262. The van der Waals surface area contributed by atoms with Gasteiger partial charge in [-0.2, -0.15) is 0 Å². The second-order valence-electron chi connectivity index (χ2n) is 10.8. The Morgan fingerprint density at radius 2 is 1.24 bits per heavy atom. The molecule has 2 heterocycles. The molecule has 2 aromatic rings. The largest absolute Gasteiger partial charge is 0.385 e. The predicted octanol–water partition coefficient (Wildman–Crippen LogP) is 4.89. The minimum absolute atomic E-state index is 0.277. The van der Waals surface area contributed by atoms with Gasteiger partial charge in [-0.25, -0.2) is 8.42 Å². The zero-order valence-electron chi connectivity index (χ0n) is 23.5. The first kappa shape index (κ1) is 31.1. The Kier molecular flexibility index (Phi) is 11.3. The number of thioether (sulfide) groups is 1. The van der Waals surface area contributed by atoms with Crippen molar-refractivity contribution in [3.05, 3.63) is 59.7 Å². The van der Waals surface area contributed by atoms with Crippen LogP contribution in [0.2, 0.25) is 0 Å². The number of sulfone groups is 1. The van der Waals surface area contributed by atoms with Crippen LogP contribution in [-0.4, -0.2) is 80.2 Å². The van der Waals surface area contributed by atoms with Gasteiger partial charge in [0.05, 0.1) is 16.1 Å². The third kappa shape index (κ3) is 8.29. The van der Waals surface area contributed by atoms with Crippen LogP contribution in [0.1, 0.15) is 63.5 Å². The zero-order valence-corrected chi connectivity index (χ0v) is 25.2. The van der Waals surface area contributed by atoms with E-state index in [1.807, 2.05) is 6.07 Å². The van der Waals surface area contributed by atoms with Gasteiger partial charge in [0, 0.05) is 37.3 Å². The molecule has 0 radical (unpaired) electrons. The fourth-order valence-electron chi connectivity index (χ4n) is 5.43. The number of nitrogens with zero attached hydrogens (tertiary/aromatic N) is 2. The summed E-state index contributed by atoms with van der Waals surface area (Å²) >= 11 is 1.73. The van der Waals surface area contributed by atoms with E-state index in [4.69, 9.17) is 0 Å². The van der Waals surface area contributed by atoms with E-state index in [0.29, 0.717) is 12.8 Å². The number of rotatable bonds is 8. The lowest BCUT2D eigenvalue weighted by Crippen LogP contribution is -2.42. The highest BCUT2D eigenvalue weighted by Crippen LogP contribution is 2.35. The first-order chi connectivity index (χ1) is 18.0. The molecule has 0 bridgehead atoms. The molecule has 212 valence electrons. The molecule has 2 aromatic carbocycles. The van der Waals surface area contributed by atoms with Crippen molar-refractivity contribution >= 4 is 21.6 Å². The highest BCUT2D eigenvalue weighted by molar-refractivity contribution is 7.98. The van der Waals surface area contributed by atoms with Crippen molar-refractivity contribution in [2.45, 2.75) is 73.4 Å². The van der Waals surface area contributed by atoms with Crippen molar-refractivity contribution in [2.24, 2.45) is 0 Å². The molecule has 0 aliphatic carbocycles. The van der Waals surface area contributed by atoms with Crippen molar-refractivity contribution < 1.29 is 18.6 Å². The summed E-state index contributed by atoms with van der Waals surface area (Å²) in [5.74, 6) is 0. The fraction of sp³-hybridized carbons (Fsp3) is 0.600. The smallest absolute Gasteiger partial charge is 0.175 e. The summed E-state index contributed by atoms with van der Waals surface area (Å²) in [7, 11) is -3.23. The molecule has 0 saturated carbocycles. The van der Waals surface area contributed by atoms with Crippen molar-refractivity contribution in [3.8, 4) is 0 Å². The molecule has 0 atom stereocenters. The van der Waals surface area contributed by atoms with Crippen molar-refractivity contribution in [1.29, 1.82) is 0 Å². The van der Waals surface area contributed by atoms with E-state index in [-0.39, 0.29) is 4.90 Å². The molecule has 2 fully saturated rings. The molecule has 0 spiro atoms. The van der Waals surface area contributed by atoms with Crippen LogP contribution in [0.15, 0.2) is 58.3 Å². The highest BCUT2D eigenvalue weighted by atomic mass is 32.2. The third-order valence-corrected chi connectivity index (χ3v) is 9.69. The number of benzene rings is 2. The third-order valence-electron chi connectivity index (χ3n) is 7.85. The molecule has 0 aromatic heterocycles. The first-order valence-electron chi connectivity index (χ1n) is 13.9. The maximum absolute atomic E-state index is 11.6. The molecule has 8 heteroatoms. The molecule has 6 nitrogen and oxygen atoms in total. The zero-order chi connectivity index (χ0) is 27.8. The molecule has 0 amide bonds. The topological polar surface area (TPSA) is 81.1 Å². The second kappa shape index (κ2) is 13.8. The van der Waals surface area contributed by atoms with Crippen LogP contribution in [0.5, 0.6) is 0 Å². The summed E-state index contributed by atoms with van der Waals surface area (Å²) in [5, 5.41) is 21.6. The van der Waals surface area contributed by atoms with Gasteiger partial charge in [0.2, 0.25) is 0 Å². The Balaban J connectivity index is 0.000000212. The molecule has 4 rings (SSSR count). The fourth-order valence-corrected chi connectivity index (χ4v) is 6.56. The molecular weight excluding hydrogens is 516 g/mol. The van der Waals surface area contributed by atoms with E-state index in [1.54, 1.807) is 30.0 Å². The molecule has 2 saturated heterocycles. The number of piperidine rings is 2. The van der Waals surface area contributed by atoms with E-state index in [2.05, 4.69) is 54.2 Å². The lowest BCUT2D eigenvalue weighted by Gasteiger charge is -2.38. The SMILES string of the molecule is CCCN1CCC(O)(c2cccc(S(C)(=O)=O)c2)CC1.CCCN1CCC(O)(c2cccc(SC)c2)CC1. The Hall–Kier alpha value is -1.42. The van der Waals surface area contributed by atoms with Gasteiger partial charge in [0.1, 0.15) is 0 Å². The van der Waals surface area contributed by atoms with Crippen LogP contribution < -0.4 is 0 Å². The number of hydrogen-bond acceptors (Lipinski definition) is 7. The summed E-state index contributed by atoms with van der Waals surface area (Å²) in [6.07, 6.45) is 8.59. The van der Waals surface area contributed by atoms with Gasteiger partial charge < -0.3 is 20.0 Å². The maximum Gasteiger partial charge on any atom is 0.175 e. The average Bonchev–Trinajstić information content (AvgIpc) is 2.92. The van der Waals surface area contributed by atoms with Crippen molar-refractivity contribution in [2.75, 3.05) is 51.8 Å². The summed E-state index contributed by atoms with van der Waals surface area (Å²) in [6, 6.07) is 15.1. The summed E-state index contributed by atoms with van der Waals surface area (Å²) < 4.78 is 23.2. The molecule has 2 aliphatic rings. The van der Waals surface area contributed by atoms with E-state index in [1.165, 1.54) is 17.6 Å². The van der Waals surface area contributed by atoms with E-state index in [0.717, 1.165) is 69.7 Å². The standard InChI is InChI=1S/C15H23NO3S.C15H23NOS/c1-3-9-16-10-7-15(17,8-11-16)13-5-4-6-14(12-13)20(2,18)19;1-3-9-16-10-7-15(17,8-11-16)13-5-4-6-14(12-13)18-2/h4-6,12,17H,3,7-11H2,1-2H3;4-6,12,17H,3,7-11H2,1-2H3. The number of likely N-dealkylation sites (tertiary alicyclic amines) is 2. The van der Waals surface area contributed by atoms with E-state index >= 15 is 0 Å². The van der Waals surface area contributed by atoms with Gasteiger partial charge in [-0.3, -0.25) is 0 Å². The van der Waals surface area contributed by atoms with Crippen LogP contribution in [-0.2, 0) is 21.0 Å². The first-order valence-corrected chi connectivity index (χ1v) is 17.0. The minimum Gasteiger partial charge on any atom is -0.385 e. The normalized spacial score (nSPS) is 19.9. The number of aliphatic hydroxyl groups is 2. The molecule has 38 heavy (non-hydrogen) atoms. The molecular formula is C30H46N2O4S2. The quantitative estimate of drug-likeness (QED) is 0.444. The number of hydrogen-bond donors (Lipinski definition) is 2. The van der Waals surface area contributed by atoms with Crippen LogP contribution in [0, 0.1) is 0 Å². The molecule has 2 aliphatic heterocycles. The van der Waals surface area contributed by atoms with Gasteiger partial charge in [0.25, 0.3) is 0 Å². The van der Waals surface area contributed by atoms with Crippen molar-refractivity contribution in [1.82, 2.24) is 9.80 Å². The summed E-state index contributed by atoms with van der Waals surface area (Å²) in [4.78, 5) is 6.30. The van der Waals surface area contributed by atoms with E-state index in [9.17, 15) is 18.6 Å². The van der Waals surface area contributed by atoms with Crippen LogP contribution in [0.4, 0.5) is 0 Å². The molecule has 0 unspecified atom stereocenters. The van der Waals surface area contributed by atoms with Gasteiger partial charge in [-0.1, -0.05) is 38.1 Å². The second-order valence-corrected chi connectivity index (χ2v) is 13.7. The van der Waals surface area contributed by atoms with Crippen molar-refractivity contribution in [3.63, 3.8) is 0 Å². The van der Waals surface area contributed by atoms with Crippen LogP contribution in [0.25, 0.3) is 0 Å². The minimum atomic E-state index is -3.23. The Morgan fingerprint density at radius 1 is 0.789 bits per heavy atom. The Morgan fingerprint density at radius 3 is 1.66 bits per heavy atom. The van der Waals surface area contributed by atoms with Gasteiger partial charge in [0.15, 0.2) is 9.84 Å². The Labute approximate surface area is 234 Å². The highest BCUT2D eigenvalue weighted by Gasteiger charge is 2.35. The summed E-state index contributed by atoms with van der Waals surface area (Å²) in [5.41, 5.74) is 0.295. The van der Waals surface area contributed by atoms with Gasteiger partial charge >= 0.3 is 0 Å².